The summed E-state index contributed by atoms with van der Waals surface area (Å²) in [4.78, 5) is 28.4. The van der Waals surface area contributed by atoms with Crippen molar-refractivity contribution in [3.63, 3.8) is 0 Å². The van der Waals surface area contributed by atoms with Crippen molar-refractivity contribution >= 4 is 11.8 Å². The van der Waals surface area contributed by atoms with Crippen molar-refractivity contribution in [2.24, 2.45) is 5.92 Å². The Balaban J connectivity index is 1.52. The van der Waals surface area contributed by atoms with Crippen molar-refractivity contribution in [1.29, 1.82) is 0 Å². The van der Waals surface area contributed by atoms with E-state index in [9.17, 15) is 14.7 Å². The van der Waals surface area contributed by atoms with Gasteiger partial charge in [-0.2, -0.15) is 0 Å². The molecule has 6 heteroatoms. The minimum Gasteiger partial charge on any atom is -0.388 e. The third-order valence-electron chi connectivity index (χ3n) is 5.31. The molecule has 6 nitrogen and oxygen atoms in total. The quantitative estimate of drug-likeness (QED) is 0.718. The number of nitrogens with zero attached hydrogens (tertiary/aromatic N) is 2. The smallest absolute Gasteiger partial charge is 0.235 e. The van der Waals surface area contributed by atoms with E-state index in [1.807, 2.05) is 0 Å². The van der Waals surface area contributed by atoms with Crippen LogP contribution in [0, 0.1) is 5.92 Å². The highest BCUT2D eigenvalue weighted by atomic mass is 16.3. The van der Waals surface area contributed by atoms with Gasteiger partial charge in [-0.05, 0) is 51.6 Å². The van der Waals surface area contributed by atoms with E-state index < -0.39 is 11.5 Å². The third-order valence-corrected chi connectivity index (χ3v) is 5.31. The summed E-state index contributed by atoms with van der Waals surface area (Å²) in [5, 5.41) is 13.5. The van der Waals surface area contributed by atoms with Gasteiger partial charge in [-0.3, -0.25) is 9.59 Å². The van der Waals surface area contributed by atoms with Crippen molar-refractivity contribution in [2.45, 2.75) is 44.1 Å². The number of likely N-dealkylation sites (tertiary alicyclic amines) is 2. The van der Waals surface area contributed by atoms with Gasteiger partial charge in [-0.1, -0.05) is 0 Å². The van der Waals surface area contributed by atoms with Crippen LogP contribution < -0.4 is 5.32 Å². The fourth-order valence-corrected chi connectivity index (χ4v) is 3.89. The van der Waals surface area contributed by atoms with Crippen LogP contribution in [-0.4, -0.2) is 71.6 Å². The minimum absolute atomic E-state index is 0.0552. The molecule has 3 rings (SSSR count). The summed E-state index contributed by atoms with van der Waals surface area (Å²) in [6.07, 6.45) is 5.19. The highest BCUT2D eigenvalue weighted by Crippen LogP contribution is 2.26. The number of hydrogen-bond donors (Lipinski definition) is 2. The van der Waals surface area contributed by atoms with Gasteiger partial charge >= 0.3 is 0 Å². The summed E-state index contributed by atoms with van der Waals surface area (Å²) in [6, 6.07) is 0. The average Bonchev–Trinajstić information content (AvgIpc) is 3.00. The molecule has 3 fully saturated rings. The van der Waals surface area contributed by atoms with Crippen molar-refractivity contribution in [1.82, 2.24) is 15.1 Å². The molecule has 0 bridgehead atoms. The molecule has 3 aliphatic rings. The van der Waals surface area contributed by atoms with Crippen molar-refractivity contribution in [3.05, 3.63) is 0 Å². The van der Waals surface area contributed by atoms with Gasteiger partial charge in [-0.15, -0.1) is 0 Å². The molecule has 3 saturated heterocycles. The fraction of sp³-hybridized carbons (Fsp3) is 0.875. The van der Waals surface area contributed by atoms with Crippen LogP contribution in [0.2, 0.25) is 0 Å². The second-order valence-corrected chi connectivity index (χ2v) is 7.02. The van der Waals surface area contributed by atoms with E-state index in [0.717, 1.165) is 26.1 Å². The summed E-state index contributed by atoms with van der Waals surface area (Å²) in [5.74, 6) is -0.701. The number of β-amino-alcohol motifs (C(OH)–C–C–N with tert-alkyl or cyclic N) is 1. The van der Waals surface area contributed by atoms with Gasteiger partial charge < -0.3 is 20.2 Å². The number of amides is 2. The van der Waals surface area contributed by atoms with Gasteiger partial charge in [0.1, 0.15) is 5.92 Å². The van der Waals surface area contributed by atoms with Crippen LogP contribution in [0.15, 0.2) is 0 Å². The molecule has 0 aliphatic carbocycles. The molecular weight excluding hydrogens is 282 g/mol. The zero-order valence-electron chi connectivity index (χ0n) is 13.2. The Hall–Kier alpha value is -1.14. The van der Waals surface area contributed by atoms with Gasteiger partial charge in [0, 0.05) is 26.2 Å². The van der Waals surface area contributed by atoms with Crippen LogP contribution in [0.1, 0.15) is 38.5 Å². The topological polar surface area (TPSA) is 72.9 Å². The molecular formula is C16H27N3O3. The van der Waals surface area contributed by atoms with Crippen LogP contribution in [0.3, 0.4) is 0 Å². The molecule has 2 amide bonds. The first-order chi connectivity index (χ1) is 10.6. The Labute approximate surface area is 131 Å². The summed E-state index contributed by atoms with van der Waals surface area (Å²) in [6.45, 7) is 4.68. The van der Waals surface area contributed by atoms with Crippen LogP contribution in [0.25, 0.3) is 0 Å². The number of carbonyl (C=O) groups is 2. The summed E-state index contributed by atoms with van der Waals surface area (Å²) in [5.41, 5.74) is -0.671. The number of aliphatic hydroxyl groups is 1. The lowest BCUT2D eigenvalue weighted by molar-refractivity contribution is -0.146. The van der Waals surface area contributed by atoms with E-state index in [2.05, 4.69) is 10.2 Å². The van der Waals surface area contributed by atoms with E-state index in [4.69, 9.17) is 0 Å². The molecule has 22 heavy (non-hydrogen) atoms. The minimum atomic E-state index is -0.671. The average molecular weight is 309 g/mol. The maximum Gasteiger partial charge on any atom is 0.235 e. The predicted octanol–water partition coefficient (Wildman–Crippen LogP) is -0.0381. The molecule has 0 aromatic heterocycles. The largest absolute Gasteiger partial charge is 0.388 e. The Bertz CT molecular complexity index is 426. The maximum atomic E-state index is 12.5. The van der Waals surface area contributed by atoms with Gasteiger partial charge in [0.05, 0.1) is 5.60 Å². The number of nitrogens with one attached hydrogen (secondary N) is 1. The first-order valence-corrected chi connectivity index (χ1v) is 8.59. The Kier molecular flexibility index (Phi) is 4.68. The number of piperidine rings is 2. The molecule has 0 saturated carbocycles. The van der Waals surface area contributed by atoms with Gasteiger partial charge in [0.25, 0.3) is 0 Å². The Morgan fingerprint density at radius 3 is 2.50 bits per heavy atom. The number of carbonyl (C=O) groups excluding carboxylic acids is 2. The molecule has 124 valence electrons. The van der Waals surface area contributed by atoms with E-state index in [-0.39, 0.29) is 11.8 Å². The van der Waals surface area contributed by atoms with E-state index in [0.29, 0.717) is 38.9 Å². The lowest BCUT2D eigenvalue weighted by Gasteiger charge is -2.41. The highest BCUT2D eigenvalue weighted by molar-refractivity contribution is 6.00. The molecule has 1 atom stereocenters. The lowest BCUT2D eigenvalue weighted by Crippen LogP contribution is -2.54. The number of rotatable bonds is 3. The van der Waals surface area contributed by atoms with Gasteiger partial charge in [0.2, 0.25) is 11.8 Å². The number of hydrogen-bond acceptors (Lipinski definition) is 4. The van der Waals surface area contributed by atoms with Crippen LogP contribution in [0.4, 0.5) is 0 Å². The Morgan fingerprint density at radius 1 is 1.18 bits per heavy atom. The SMILES string of the molecule is O=C1NCCC[C@@H]1C(=O)N1CCC(O)(CN2CCCC2)CC1. The highest BCUT2D eigenvalue weighted by Gasteiger charge is 2.39. The first kappa shape index (κ1) is 15.7. The molecule has 2 N–H and O–H groups in total. The molecule has 0 unspecified atom stereocenters. The fourth-order valence-electron chi connectivity index (χ4n) is 3.89. The van der Waals surface area contributed by atoms with Crippen LogP contribution in [-0.2, 0) is 9.59 Å². The molecule has 0 radical (unpaired) electrons. The molecule has 3 heterocycles. The molecule has 0 aromatic carbocycles. The van der Waals surface area contributed by atoms with E-state index >= 15 is 0 Å². The zero-order valence-corrected chi connectivity index (χ0v) is 13.2. The van der Waals surface area contributed by atoms with Crippen molar-refractivity contribution < 1.29 is 14.7 Å². The van der Waals surface area contributed by atoms with Crippen molar-refractivity contribution in [2.75, 3.05) is 39.3 Å². The molecule has 0 spiro atoms. The lowest BCUT2D eigenvalue weighted by atomic mass is 9.89. The monoisotopic (exact) mass is 309 g/mol. The van der Waals surface area contributed by atoms with E-state index in [1.165, 1.54) is 12.8 Å². The second-order valence-electron chi connectivity index (χ2n) is 7.02. The maximum absolute atomic E-state index is 12.5. The van der Waals surface area contributed by atoms with Crippen LogP contribution in [0.5, 0.6) is 0 Å². The van der Waals surface area contributed by atoms with Crippen LogP contribution >= 0.6 is 0 Å². The van der Waals surface area contributed by atoms with Gasteiger partial charge in [0.15, 0.2) is 0 Å². The Morgan fingerprint density at radius 2 is 1.86 bits per heavy atom. The summed E-state index contributed by atoms with van der Waals surface area (Å²) >= 11 is 0. The van der Waals surface area contributed by atoms with Crippen molar-refractivity contribution in [3.8, 4) is 0 Å². The van der Waals surface area contributed by atoms with E-state index in [1.54, 1.807) is 4.90 Å². The third kappa shape index (κ3) is 3.43. The first-order valence-electron chi connectivity index (χ1n) is 8.59. The molecule has 0 aromatic rings. The zero-order chi connectivity index (χ0) is 15.6. The molecule has 3 aliphatic heterocycles. The summed E-state index contributed by atoms with van der Waals surface area (Å²) in [7, 11) is 0. The normalized spacial score (nSPS) is 29.4. The standard InChI is InChI=1S/C16H27N3O3/c20-14-13(4-3-7-17-14)15(21)19-10-5-16(22,6-11-19)12-18-8-1-2-9-18/h13,22H,1-12H2,(H,17,20)/t13-/m0/s1. The summed E-state index contributed by atoms with van der Waals surface area (Å²) < 4.78 is 0. The predicted molar refractivity (Wildman–Crippen MR) is 82.2 cm³/mol. The second kappa shape index (κ2) is 6.54. The van der Waals surface area contributed by atoms with Gasteiger partial charge in [-0.25, -0.2) is 0 Å².